The van der Waals surface area contributed by atoms with E-state index in [1.807, 2.05) is 19.9 Å². The number of carbonyl (C=O) groups excluding carboxylic acids is 1. The molecule has 0 aromatic heterocycles. The Kier molecular flexibility index (Phi) is 6.32. The standard InChI is InChI=1S/C27H27F2NO4/c1-26(2,23-12-20(29)7-10-24(23)31)15-27(33,13-17-3-5-19(28)6-4-17)16-30-21-8-9-22-18(11-21)14-34-25(22)32/h3-12,30-31,33H,13-16H2,1-2H3. The molecule has 0 spiro atoms. The van der Waals surface area contributed by atoms with Gasteiger partial charge < -0.3 is 20.3 Å². The molecule has 1 heterocycles. The molecular weight excluding hydrogens is 440 g/mol. The van der Waals surface area contributed by atoms with Crippen LogP contribution in [0.5, 0.6) is 5.75 Å². The highest BCUT2D eigenvalue weighted by Crippen LogP contribution is 2.39. The number of aliphatic hydroxyl groups is 1. The zero-order valence-corrected chi connectivity index (χ0v) is 19.1. The van der Waals surface area contributed by atoms with E-state index in [9.17, 15) is 23.8 Å². The Morgan fingerprint density at radius 1 is 1.00 bits per heavy atom. The van der Waals surface area contributed by atoms with Gasteiger partial charge in [-0.3, -0.25) is 0 Å². The van der Waals surface area contributed by atoms with Crippen LogP contribution in [0, 0.1) is 11.6 Å². The van der Waals surface area contributed by atoms with Gasteiger partial charge in [-0.05, 0) is 65.9 Å². The van der Waals surface area contributed by atoms with Crippen LogP contribution in [-0.4, -0.2) is 28.3 Å². The van der Waals surface area contributed by atoms with Crippen molar-refractivity contribution < 1.29 is 28.5 Å². The lowest BCUT2D eigenvalue weighted by Crippen LogP contribution is -2.44. The van der Waals surface area contributed by atoms with Gasteiger partial charge in [0, 0.05) is 29.8 Å². The van der Waals surface area contributed by atoms with Crippen LogP contribution in [0.1, 0.15) is 47.3 Å². The molecule has 1 aliphatic rings. The molecule has 1 atom stereocenters. The molecule has 1 unspecified atom stereocenters. The molecule has 34 heavy (non-hydrogen) atoms. The smallest absolute Gasteiger partial charge is 0.338 e. The van der Waals surface area contributed by atoms with Crippen molar-refractivity contribution in [1.82, 2.24) is 0 Å². The van der Waals surface area contributed by atoms with Gasteiger partial charge in [-0.25, -0.2) is 13.6 Å². The molecule has 0 saturated heterocycles. The fourth-order valence-electron chi connectivity index (χ4n) is 4.65. The molecule has 4 rings (SSSR count). The summed E-state index contributed by atoms with van der Waals surface area (Å²) in [6.45, 7) is 3.98. The highest BCUT2D eigenvalue weighted by Gasteiger charge is 2.37. The van der Waals surface area contributed by atoms with Crippen LogP contribution in [0.4, 0.5) is 14.5 Å². The number of cyclic esters (lactones) is 1. The van der Waals surface area contributed by atoms with Gasteiger partial charge in [0.05, 0.1) is 11.2 Å². The van der Waals surface area contributed by atoms with Gasteiger partial charge in [-0.2, -0.15) is 0 Å². The molecule has 0 aliphatic carbocycles. The maximum atomic E-state index is 13.9. The van der Waals surface area contributed by atoms with Gasteiger partial charge in [0.15, 0.2) is 0 Å². The van der Waals surface area contributed by atoms with Crippen molar-refractivity contribution in [3.05, 3.63) is 94.6 Å². The number of ether oxygens (including phenoxy) is 1. The number of fused-ring (bicyclic) bond motifs is 1. The Bertz CT molecular complexity index is 1210. The molecule has 7 heteroatoms. The average molecular weight is 468 g/mol. The number of nitrogens with one attached hydrogen (secondary N) is 1. The number of esters is 1. The van der Waals surface area contributed by atoms with Gasteiger partial charge in [-0.1, -0.05) is 26.0 Å². The number of hydrogen-bond donors (Lipinski definition) is 3. The SMILES string of the molecule is CC(C)(CC(O)(CNc1ccc2c(c1)COC2=O)Cc1ccc(F)cc1)c1cc(F)ccc1O. The molecule has 1 aliphatic heterocycles. The normalized spacial score (nSPS) is 14.9. The molecule has 0 saturated carbocycles. The molecule has 0 amide bonds. The van der Waals surface area contributed by atoms with E-state index in [0.29, 0.717) is 16.8 Å². The molecule has 3 aromatic carbocycles. The van der Waals surface area contributed by atoms with Crippen LogP contribution < -0.4 is 5.32 Å². The summed E-state index contributed by atoms with van der Waals surface area (Å²) in [7, 11) is 0. The molecule has 3 aromatic rings. The van der Waals surface area contributed by atoms with Crippen molar-refractivity contribution in [2.45, 2.75) is 44.3 Å². The molecular formula is C27H27F2NO4. The molecule has 3 N–H and O–H groups in total. The Labute approximate surface area is 197 Å². The monoisotopic (exact) mass is 467 g/mol. The first-order chi connectivity index (χ1) is 16.0. The number of phenols is 1. The minimum Gasteiger partial charge on any atom is -0.508 e. The van der Waals surface area contributed by atoms with Crippen LogP contribution in [0.15, 0.2) is 60.7 Å². The number of phenolic OH excluding ortho intramolecular Hbond substituents is 1. The molecule has 0 fully saturated rings. The number of rotatable bonds is 8. The Hall–Kier alpha value is -3.45. The van der Waals surface area contributed by atoms with E-state index in [0.717, 1.165) is 11.1 Å². The maximum absolute atomic E-state index is 13.9. The van der Waals surface area contributed by atoms with E-state index in [2.05, 4.69) is 5.32 Å². The van der Waals surface area contributed by atoms with Gasteiger partial charge in [0.1, 0.15) is 24.0 Å². The Morgan fingerprint density at radius 3 is 2.44 bits per heavy atom. The van der Waals surface area contributed by atoms with E-state index in [1.165, 1.54) is 30.3 Å². The number of benzene rings is 3. The molecule has 0 bridgehead atoms. The van der Waals surface area contributed by atoms with Crippen molar-refractivity contribution in [2.24, 2.45) is 0 Å². The van der Waals surface area contributed by atoms with E-state index in [-0.39, 0.29) is 43.5 Å². The van der Waals surface area contributed by atoms with E-state index < -0.39 is 16.8 Å². The predicted molar refractivity (Wildman–Crippen MR) is 125 cm³/mol. The van der Waals surface area contributed by atoms with Gasteiger partial charge in [-0.15, -0.1) is 0 Å². The third-order valence-corrected chi connectivity index (χ3v) is 6.21. The number of hydrogen-bond acceptors (Lipinski definition) is 5. The van der Waals surface area contributed by atoms with Gasteiger partial charge >= 0.3 is 5.97 Å². The first kappa shape index (κ1) is 23.7. The average Bonchev–Trinajstić information content (AvgIpc) is 3.15. The summed E-state index contributed by atoms with van der Waals surface area (Å²) in [5.74, 6) is -1.25. The lowest BCUT2D eigenvalue weighted by Gasteiger charge is -2.37. The van der Waals surface area contributed by atoms with Gasteiger partial charge in [0.25, 0.3) is 0 Å². The van der Waals surface area contributed by atoms with Crippen molar-refractivity contribution in [3.63, 3.8) is 0 Å². The summed E-state index contributed by atoms with van der Waals surface area (Å²) in [6, 6.07) is 14.9. The quantitative estimate of drug-likeness (QED) is 0.402. The summed E-state index contributed by atoms with van der Waals surface area (Å²) in [4.78, 5) is 11.7. The van der Waals surface area contributed by atoms with E-state index in [1.54, 1.807) is 24.3 Å². The van der Waals surface area contributed by atoms with Crippen molar-refractivity contribution in [3.8, 4) is 5.75 Å². The van der Waals surface area contributed by atoms with Crippen LogP contribution in [0.3, 0.4) is 0 Å². The summed E-state index contributed by atoms with van der Waals surface area (Å²) < 4.78 is 32.4. The van der Waals surface area contributed by atoms with Crippen molar-refractivity contribution >= 4 is 11.7 Å². The summed E-state index contributed by atoms with van der Waals surface area (Å²) >= 11 is 0. The summed E-state index contributed by atoms with van der Waals surface area (Å²) in [5.41, 5.74) is 0.987. The number of aromatic hydroxyl groups is 1. The number of anilines is 1. The van der Waals surface area contributed by atoms with Crippen LogP contribution in [0.25, 0.3) is 0 Å². The van der Waals surface area contributed by atoms with Crippen LogP contribution >= 0.6 is 0 Å². The van der Waals surface area contributed by atoms with Crippen LogP contribution in [-0.2, 0) is 23.2 Å². The lowest BCUT2D eigenvalue weighted by atomic mass is 9.73. The highest BCUT2D eigenvalue weighted by molar-refractivity contribution is 5.93. The Morgan fingerprint density at radius 2 is 1.71 bits per heavy atom. The second kappa shape index (κ2) is 9.06. The predicted octanol–water partition coefficient (Wildman–Crippen LogP) is 5.09. The zero-order valence-electron chi connectivity index (χ0n) is 19.1. The molecule has 178 valence electrons. The minimum atomic E-state index is -1.34. The topological polar surface area (TPSA) is 78.8 Å². The third kappa shape index (κ3) is 5.20. The fraction of sp³-hybridized carbons (Fsp3) is 0.296. The summed E-state index contributed by atoms with van der Waals surface area (Å²) in [5, 5.41) is 25.4. The second-order valence-corrected chi connectivity index (χ2v) is 9.55. The molecule has 0 radical (unpaired) electrons. The largest absolute Gasteiger partial charge is 0.508 e. The number of halogens is 2. The van der Waals surface area contributed by atoms with Crippen molar-refractivity contribution in [2.75, 3.05) is 11.9 Å². The van der Waals surface area contributed by atoms with E-state index >= 15 is 0 Å². The van der Waals surface area contributed by atoms with Crippen LogP contribution in [0.2, 0.25) is 0 Å². The lowest BCUT2D eigenvalue weighted by molar-refractivity contribution is 0.0253. The maximum Gasteiger partial charge on any atom is 0.338 e. The molecule has 5 nitrogen and oxygen atoms in total. The first-order valence-electron chi connectivity index (χ1n) is 11.0. The van der Waals surface area contributed by atoms with E-state index in [4.69, 9.17) is 4.74 Å². The second-order valence-electron chi connectivity index (χ2n) is 9.55. The third-order valence-electron chi connectivity index (χ3n) is 6.21. The summed E-state index contributed by atoms with van der Waals surface area (Å²) in [6.07, 6.45) is 0.375. The van der Waals surface area contributed by atoms with Gasteiger partial charge in [0.2, 0.25) is 0 Å². The highest BCUT2D eigenvalue weighted by atomic mass is 19.1. The Balaban J connectivity index is 1.60. The first-order valence-corrected chi connectivity index (χ1v) is 11.0. The minimum absolute atomic E-state index is 0.0493. The van der Waals surface area contributed by atoms with Crippen molar-refractivity contribution in [1.29, 1.82) is 0 Å². The number of carbonyl (C=O) groups is 1. The zero-order chi connectivity index (χ0) is 24.5. The fourth-order valence-corrected chi connectivity index (χ4v) is 4.65.